The number of methoxy groups -OCH3 is 1. The molecular weight excluding hydrogens is 472 g/mol. The lowest BCUT2D eigenvalue weighted by Gasteiger charge is -2.37. The third-order valence-corrected chi connectivity index (χ3v) is 7.13. The molecule has 2 bridgehead atoms. The van der Waals surface area contributed by atoms with Gasteiger partial charge in [-0.1, -0.05) is 42.5 Å². The van der Waals surface area contributed by atoms with Gasteiger partial charge in [-0.2, -0.15) is 10.1 Å². The molecule has 1 saturated carbocycles. The summed E-state index contributed by atoms with van der Waals surface area (Å²) in [6, 6.07) is 13.5. The fourth-order valence-corrected chi connectivity index (χ4v) is 5.55. The van der Waals surface area contributed by atoms with Crippen LogP contribution < -0.4 is 9.47 Å². The molecular formula is C25H23BrN2O4. The van der Waals surface area contributed by atoms with E-state index in [-0.39, 0.29) is 35.5 Å². The summed E-state index contributed by atoms with van der Waals surface area (Å²) in [4.78, 5) is 25.9. The molecule has 0 radical (unpaired) electrons. The predicted octanol–water partition coefficient (Wildman–Crippen LogP) is 4.57. The topological polar surface area (TPSA) is 68.2 Å². The number of imide groups is 1. The Bertz CT molecular complexity index is 1080. The van der Waals surface area contributed by atoms with E-state index >= 15 is 0 Å². The lowest BCUT2D eigenvalue weighted by atomic mass is 9.63. The molecule has 2 fully saturated rings. The molecule has 1 heterocycles. The number of amides is 2. The molecule has 0 spiro atoms. The van der Waals surface area contributed by atoms with Gasteiger partial charge < -0.3 is 9.47 Å². The Labute approximate surface area is 195 Å². The second-order valence-corrected chi connectivity index (χ2v) is 9.24. The summed E-state index contributed by atoms with van der Waals surface area (Å²) in [7, 11) is 1.57. The molecule has 7 heteroatoms. The van der Waals surface area contributed by atoms with Crippen molar-refractivity contribution in [1.82, 2.24) is 5.01 Å². The van der Waals surface area contributed by atoms with Crippen molar-refractivity contribution in [3.05, 3.63) is 70.2 Å². The zero-order valence-corrected chi connectivity index (χ0v) is 19.2. The third-order valence-electron chi connectivity index (χ3n) is 6.54. The molecule has 2 aromatic carbocycles. The molecule has 4 unspecified atom stereocenters. The van der Waals surface area contributed by atoms with Gasteiger partial charge in [0.1, 0.15) is 6.61 Å². The molecule has 164 valence electrons. The lowest BCUT2D eigenvalue weighted by Crippen LogP contribution is -2.38. The number of hydrazone groups is 1. The minimum absolute atomic E-state index is 0.150. The maximum atomic E-state index is 12.9. The van der Waals surface area contributed by atoms with Gasteiger partial charge in [0.15, 0.2) is 11.5 Å². The molecule has 0 aromatic heterocycles. The van der Waals surface area contributed by atoms with Crippen LogP contribution in [-0.4, -0.2) is 30.1 Å². The van der Waals surface area contributed by atoms with Crippen LogP contribution in [0.1, 0.15) is 24.0 Å². The number of hydrogen-bond acceptors (Lipinski definition) is 5. The number of fused-ring (bicyclic) bond motifs is 1. The van der Waals surface area contributed by atoms with Crippen molar-refractivity contribution < 1.29 is 19.1 Å². The molecule has 1 saturated heterocycles. The van der Waals surface area contributed by atoms with Crippen molar-refractivity contribution in [1.29, 1.82) is 0 Å². The van der Waals surface area contributed by atoms with Crippen LogP contribution in [-0.2, 0) is 16.2 Å². The van der Waals surface area contributed by atoms with Crippen molar-refractivity contribution in [3.8, 4) is 11.5 Å². The van der Waals surface area contributed by atoms with Crippen molar-refractivity contribution in [3.63, 3.8) is 0 Å². The van der Waals surface area contributed by atoms with Gasteiger partial charge in [-0.25, -0.2) is 0 Å². The van der Waals surface area contributed by atoms with Gasteiger partial charge in [0, 0.05) is 0 Å². The van der Waals surface area contributed by atoms with Crippen LogP contribution >= 0.6 is 15.9 Å². The van der Waals surface area contributed by atoms with E-state index < -0.39 is 0 Å². The second-order valence-electron chi connectivity index (χ2n) is 8.38. The van der Waals surface area contributed by atoms with Gasteiger partial charge in [-0.05, 0) is 63.9 Å². The Morgan fingerprint density at radius 3 is 2.31 bits per heavy atom. The first kappa shape index (κ1) is 20.9. The zero-order valence-electron chi connectivity index (χ0n) is 17.6. The maximum Gasteiger partial charge on any atom is 0.254 e. The predicted molar refractivity (Wildman–Crippen MR) is 123 cm³/mol. The van der Waals surface area contributed by atoms with Crippen LogP contribution in [0.2, 0.25) is 0 Å². The maximum absolute atomic E-state index is 12.9. The first-order valence-electron chi connectivity index (χ1n) is 10.7. The Morgan fingerprint density at radius 1 is 1.06 bits per heavy atom. The number of allylic oxidation sites excluding steroid dienone is 2. The minimum atomic E-state index is -0.265. The summed E-state index contributed by atoms with van der Waals surface area (Å²) in [6.07, 6.45) is 7.66. The third kappa shape index (κ3) is 3.64. The van der Waals surface area contributed by atoms with Crippen LogP contribution in [0.3, 0.4) is 0 Å². The summed E-state index contributed by atoms with van der Waals surface area (Å²) in [5.74, 6) is 0.501. The number of carbonyl (C=O) groups excluding carboxylic acids is 2. The van der Waals surface area contributed by atoms with E-state index in [1.54, 1.807) is 13.2 Å². The van der Waals surface area contributed by atoms with Crippen LogP contribution in [0.4, 0.5) is 0 Å². The summed E-state index contributed by atoms with van der Waals surface area (Å²) in [6.45, 7) is 0.402. The molecule has 3 aliphatic carbocycles. The average molecular weight is 495 g/mol. The molecule has 6 rings (SSSR count). The molecule has 2 amide bonds. The highest BCUT2D eigenvalue weighted by atomic mass is 79.9. The highest BCUT2D eigenvalue weighted by Gasteiger charge is 2.56. The van der Waals surface area contributed by atoms with E-state index in [0.717, 1.165) is 23.4 Å². The standard InChI is InChI=1S/C25H23BrN2O4/c1-31-20-12-16(11-19(26)23(20)32-14-15-5-3-2-4-6-15)13-27-28-24(29)21-17-7-8-18(10-9-17)22(21)25(28)30/h2-8,11-13,17-18,21-22H,9-10,14H2,1H3/b27-13+. The number of carbonyl (C=O) groups is 2. The second kappa shape index (κ2) is 8.54. The van der Waals surface area contributed by atoms with Crippen LogP contribution in [0.25, 0.3) is 0 Å². The monoisotopic (exact) mass is 494 g/mol. The van der Waals surface area contributed by atoms with E-state index in [1.807, 2.05) is 36.4 Å². The van der Waals surface area contributed by atoms with Crippen LogP contribution in [0.5, 0.6) is 11.5 Å². The number of rotatable bonds is 6. The normalized spacial score (nSPS) is 26.1. The van der Waals surface area contributed by atoms with Crippen molar-refractivity contribution in [2.24, 2.45) is 28.8 Å². The Morgan fingerprint density at radius 2 is 1.72 bits per heavy atom. The molecule has 4 atom stereocenters. The number of nitrogens with zero attached hydrogens (tertiary/aromatic N) is 2. The van der Waals surface area contributed by atoms with Crippen molar-refractivity contribution >= 4 is 34.0 Å². The summed E-state index contributed by atoms with van der Waals surface area (Å²) in [5, 5.41) is 5.34. The van der Waals surface area contributed by atoms with Crippen LogP contribution in [0, 0.1) is 23.7 Å². The number of hydrogen-bond donors (Lipinski definition) is 0. The SMILES string of the molecule is COc1cc(/C=N/N2C(=O)C3C4C=CC(CC4)C3C2=O)cc(Br)c1OCc1ccccc1. The largest absolute Gasteiger partial charge is 0.493 e. The van der Waals surface area contributed by atoms with E-state index in [2.05, 4.69) is 33.2 Å². The number of benzene rings is 2. The fraction of sp³-hybridized carbons (Fsp3) is 0.320. The summed E-state index contributed by atoms with van der Waals surface area (Å²) in [5.41, 5.74) is 1.74. The number of halogens is 1. The van der Waals surface area contributed by atoms with Gasteiger partial charge in [-0.15, -0.1) is 0 Å². The average Bonchev–Trinajstić information content (AvgIpc) is 3.10. The van der Waals surface area contributed by atoms with Gasteiger partial charge in [0.25, 0.3) is 11.8 Å². The van der Waals surface area contributed by atoms with Crippen molar-refractivity contribution in [2.75, 3.05) is 7.11 Å². The first-order valence-corrected chi connectivity index (χ1v) is 11.5. The smallest absolute Gasteiger partial charge is 0.254 e. The Kier molecular flexibility index (Phi) is 5.59. The van der Waals surface area contributed by atoms with Crippen molar-refractivity contribution in [2.45, 2.75) is 19.4 Å². The number of ether oxygens (including phenoxy) is 2. The highest BCUT2D eigenvalue weighted by Crippen LogP contribution is 2.49. The fourth-order valence-electron chi connectivity index (χ4n) is 4.98. The summed E-state index contributed by atoms with van der Waals surface area (Å²) < 4.78 is 12.2. The van der Waals surface area contributed by atoms with E-state index in [9.17, 15) is 9.59 Å². The van der Waals surface area contributed by atoms with Gasteiger partial charge in [0.05, 0.1) is 29.6 Å². The van der Waals surface area contributed by atoms with E-state index in [0.29, 0.717) is 28.1 Å². The van der Waals surface area contributed by atoms with Gasteiger partial charge in [-0.3, -0.25) is 9.59 Å². The Hall–Kier alpha value is -2.93. The van der Waals surface area contributed by atoms with E-state index in [1.165, 1.54) is 6.21 Å². The molecule has 1 aliphatic heterocycles. The zero-order chi connectivity index (χ0) is 22.2. The van der Waals surface area contributed by atoms with Gasteiger partial charge >= 0.3 is 0 Å². The molecule has 4 aliphatic rings. The van der Waals surface area contributed by atoms with E-state index in [4.69, 9.17) is 9.47 Å². The molecule has 0 N–H and O–H groups in total. The molecule has 6 nitrogen and oxygen atoms in total. The quantitative estimate of drug-likeness (QED) is 0.335. The molecule has 2 aromatic rings. The molecule has 32 heavy (non-hydrogen) atoms. The van der Waals surface area contributed by atoms with Gasteiger partial charge in [0.2, 0.25) is 0 Å². The summed E-state index contributed by atoms with van der Waals surface area (Å²) >= 11 is 3.54. The highest BCUT2D eigenvalue weighted by molar-refractivity contribution is 9.10. The lowest BCUT2D eigenvalue weighted by molar-refractivity contribution is -0.140. The Balaban J connectivity index is 1.35. The first-order chi connectivity index (χ1) is 15.6. The minimum Gasteiger partial charge on any atom is -0.493 e. The van der Waals surface area contributed by atoms with Crippen LogP contribution in [0.15, 0.2) is 64.2 Å².